The maximum Gasteiger partial charge on any atom is 0.119 e. The molecule has 0 aromatic heterocycles. The molecule has 1 aromatic carbocycles. The van der Waals surface area contributed by atoms with Crippen molar-refractivity contribution in [3.05, 3.63) is 24.3 Å². The van der Waals surface area contributed by atoms with Gasteiger partial charge in [-0.1, -0.05) is 0 Å². The molecule has 0 heterocycles. The minimum Gasteiger partial charge on any atom is -0.494 e. The van der Waals surface area contributed by atoms with Crippen molar-refractivity contribution in [2.24, 2.45) is 5.73 Å². The van der Waals surface area contributed by atoms with Crippen LogP contribution in [0.5, 0.6) is 5.75 Å². The Hall–Kier alpha value is -0.930. The maximum atomic E-state index is 5.51. The summed E-state index contributed by atoms with van der Waals surface area (Å²) in [4.78, 5) is 0. The van der Waals surface area contributed by atoms with Crippen molar-refractivity contribution >= 4 is 18.1 Å². The van der Waals surface area contributed by atoms with Gasteiger partial charge < -0.3 is 16.2 Å². The molecule has 0 bridgehead atoms. The fourth-order valence-electron chi connectivity index (χ4n) is 0.837. The second-order valence-electron chi connectivity index (χ2n) is 2.56. The van der Waals surface area contributed by atoms with Crippen LogP contribution >= 0.6 is 12.4 Å². The molecule has 3 nitrogen and oxygen atoms in total. The van der Waals surface area contributed by atoms with Crippen LogP contribution in [-0.2, 0) is 0 Å². The standard InChI is InChI=1S/C9H14N2O.ClH/c10-6-1-7-12-9-4-2-8(11)3-5-9;/h2-5H,1,6-7,10-11H2;1H. The van der Waals surface area contributed by atoms with Gasteiger partial charge in [-0.2, -0.15) is 0 Å². The van der Waals surface area contributed by atoms with E-state index >= 15 is 0 Å². The molecule has 0 fully saturated rings. The average Bonchev–Trinajstić information content (AvgIpc) is 2.09. The van der Waals surface area contributed by atoms with Crippen molar-refractivity contribution in [1.29, 1.82) is 0 Å². The largest absolute Gasteiger partial charge is 0.494 e. The van der Waals surface area contributed by atoms with Crippen LogP contribution < -0.4 is 16.2 Å². The summed E-state index contributed by atoms with van der Waals surface area (Å²) in [6.45, 7) is 1.33. The predicted octanol–water partition coefficient (Wildman–Crippen LogP) is 1.42. The molecule has 0 aliphatic carbocycles. The third-order valence-corrected chi connectivity index (χ3v) is 1.50. The van der Waals surface area contributed by atoms with E-state index in [9.17, 15) is 0 Å². The van der Waals surface area contributed by atoms with Crippen LogP contribution in [0.2, 0.25) is 0 Å². The van der Waals surface area contributed by atoms with Crippen molar-refractivity contribution in [3.63, 3.8) is 0 Å². The lowest BCUT2D eigenvalue weighted by Gasteiger charge is -2.04. The summed E-state index contributed by atoms with van der Waals surface area (Å²) in [5, 5.41) is 0. The Morgan fingerprint density at radius 2 is 1.77 bits per heavy atom. The highest BCUT2D eigenvalue weighted by Gasteiger charge is 1.91. The summed E-state index contributed by atoms with van der Waals surface area (Å²) in [6.07, 6.45) is 0.879. The molecule has 0 aliphatic rings. The van der Waals surface area contributed by atoms with Gasteiger partial charge in [0.2, 0.25) is 0 Å². The number of hydrogen-bond acceptors (Lipinski definition) is 3. The minimum atomic E-state index is 0. The topological polar surface area (TPSA) is 61.3 Å². The monoisotopic (exact) mass is 202 g/mol. The van der Waals surface area contributed by atoms with Crippen molar-refractivity contribution in [2.45, 2.75) is 6.42 Å². The first-order valence-corrected chi connectivity index (χ1v) is 4.01. The minimum absolute atomic E-state index is 0. The molecule has 0 spiro atoms. The molecule has 0 saturated heterocycles. The molecule has 74 valence electrons. The van der Waals surface area contributed by atoms with E-state index < -0.39 is 0 Å². The Balaban J connectivity index is 0.00000144. The van der Waals surface area contributed by atoms with Crippen LogP contribution in [0, 0.1) is 0 Å². The van der Waals surface area contributed by atoms with E-state index in [4.69, 9.17) is 16.2 Å². The molecule has 0 atom stereocenters. The first-order chi connectivity index (χ1) is 5.83. The lowest BCUT2D eigenvalue weighted by atomic mass is 10.3. The molecular weight excluding hydrogens is 188 g/mol. The van der Waals surface area contributed by atoms with Gasteiger partial charge in [-0.3, -0.25) is 0 Å². The second kappa shape index (κ2) is 6.57. The average molecular weight is 203 g/mol. The summed E-state index contributed by atoms with van der Waals surface area (Å²) in [7, 11) is 0. The Morgan fingerprint density at radius 3 is 2.31 bits per heavy atom. The molecule has 0 amide bonds. The zero-order valence-electron chi connectivity index (χ0n) is 7.40. The zero-order chi connectivity index (χ0) is 8.81. The number of rotatable bonds is 4. The molecule has 1 aromatic rings. The van der Waals surface area contributed by atoms with Crippen LogP contribution in [0.3, 0.4) is 0 Å². The molecule has 0 aliphatic heterocycles. The Kier molecular flexibility index (Phi) is 6.10. The van der Waals surface area contributed by atoms with E-state index in [0.717, 1.165) is 17.9 Å². The Labute approximate surface area is 84.5 Å². The van der Waals surface area contributed by atoms with E-state index in [1.54, 1.807) is 0 Å². The number of nitrogen functional groups attached to an aromatic ring is 1. The Morgan fingerprint density at radius 1 is 1.15 bits per heavy atom. The summed E-state index contributed by atoms with van der Waals surface area (Å²) >= 11 is 0. The van der Waals surface area contributed by atoms with Crippen LogP contribution in [-0.4, -0.2) is 13.2 Å². The molecule has 0 radical (unpaired) electrons. The van der Waals surface area contributed by atoms with Gasteiger partial charge >= 0.3 is 0 Å². The number of anilines is 1. The van der Waals surface area contributed by atoms with Crippen molar-refractivity contribution < 1.29 is 4.74 Å². The Bertz CT molecular complexity index is 226. The lowest BCUT2D eigenvalue weighted by molar-refractivity contribution is 0.313. The van der Waals surface area contributed by atoms with Gasteiger partial charge in [0.1, 0.15) is 5.75 Å². The van der Waals surface area contributed by atoms with Crippen molar-refractivity contribution in [3.8, 4) is 5.75 Å². The number of nitrogens with two attached hydrogens (primary N) is 2. The molecule has 0 unspecified atom stereocenters. The highest BCUT2D eigenvalue weighted by atomic mass is 35.5. The van der Waals surface area contributed by atoms with E-state index in [-0.39, 0.29) is 12.4 Å². The third kappa shape index (κ3) is 4.60. The fourth-order valence-corrected chi connectivity index (χ4v) is 0.837. The molecular formula is C9H15ClN2O. The van der Waals surface area contributed by atoms with E-state index in [1.807, 2.05) is 24.3 Å². The van der Waals surface area contributed by atoms with Gasteiger partial charge in [0.25, 0.3) is 0 Å². The molecule has 13 heavy (non-hydrogen) atoms. The van der Waals surface area contributed by atoms with Gasteiger partial charge in [0.05, 0.1) is 6.61 Å². The predicted molar refractivity (Wildman–Crippen MR) is 57.3 cm³/mol. The molecule has 1 rings (SSSR count). The zero-order valence-corrected chi connectivity index (χ0v) is 8.22. The second-order valence-corrected chi connectivity index (χ2v) is 2.56. The van der Waals surface area contributed by atoms with E-state index in [2.05, 4.69) is 0 Å². The summed E-state index contributed by atoms with van der Waals surface area (Å²) in [5.41, 5.74) is 11.6. The van der Waals surface area contributed by atoms with Crippen LogP contribution in [0.4, 0.5) is 5.69 Å². The van der Waals surface area contributed by atoms with Crippen molar-refractivity contribution in [2.75, 3.05) is 18.9 Å². The van der Waals surface area contributed by atoms with Crippen molar-refractivity contribution in [1.82, 2.24) is 0 Å². The van der Waals surface area contributed by atoms with Gasteiger partial charge in [0.15, 0.2) is 0 Å². The van der Waals surface area contributed by atoms with Crippen LogP contribution in [0.15, 0.2) is 24.3 Å². The van der Waals surface area contributed by atoms with Gasteiger partial charge in [-0.25, -0.2) is 0 Å². The van der Waals surface area contributed by atoms with Gasteiger partial charge in [-0.05, 0) is 37.2 Å². The quantitative estimate of drug-likeness (QED) is 0.574. The first-order valence-electron chi connectivity index (χ1n) is 4.01. The highest BCUT2D eigenvalue weighted by Crippen LogP contribution is 2.12. The first kappa shape index (κ1) is 12.1. The third-order valence-electron chi connectivity index (χ3n) is 1.50. The molecule has 4 heteroatoms. The number of benzene rings is 1. The molecule has 0 saturated carbocycles. The van der Waals surface area contributed by atoms with E-state index in [1.165, 1.54) is 0 Å². The highest BCUT2D eigenvalue weighted by molar-refractivity contribution is 5.85. The van der Waals surface area contributed by atoms with Gasteiger partial charge in [-0.15, -0.1) is 12.4 Å². The number of ether oxygens (including phenoxy) is 1. The summed E-state index contributed by atoms with van der Waals surface area (Å²) in [5.74, 6) is 0.845. The van der Waals surface area contributed by atoms with Gasteiger partial charge in [0, 0.05) is 5.69 Å². The van der Waals surface area contributed by atoms with E-state index in [0.29, 0.717) is 13.2 Å². The normalized spacial score (nSPS) is 9.00. The summed E-state index contributed by atoms with van der Waals surface area (Å²) < 4.78 is 5.37. The summed E-state index contributed by atoms with van der Waals surface area (Å²) in [6, 6.07) is 7.34. The van der Waals surface area contributed by atoms with Crippen LogP contribution in [0.1, 0.15) is 6.42 Å². The number of halogens is 1. The molecule has 4 N–H and O–H groups in total. The number of hydrogen-bond donors (Lipinski definition) is 2. The van der Waals surface area contributed by atoms with Crippen LogP contribution in [0.25, 0.3) is 0 Å². The fraction of sp³-hybridized carbons (Fsp3) is 0.333. The lowest BCUT2D eigenvalue weighted by Crippen LogP contribution is -2.05. The maximum absolute atomic E-state index is 5.51. The SMILES string of the molecule is Cl.NCCCOc1ccc(N)cc1. The smallest absolute Gasteiger partial charge is 0.119 e.